The minimum Gasteiger partial charge on any atom is -0.497 e. The molecular weight excluding hydrogens is 236 g/mol. The van der Waals surface area contributed by atoms with Crippen molar-refractivity contribution in [2.45, 2.75) is 6.92 Å². The van der Waals surface area contributed by atoms with Gasteiger partial charge in [-0.05, 0) is 36.3 Å². The molecule has 0 aliphatic rings. The van der Waals surface area contributed by atoms with Gasteiger partial charge in [0.05, 0.1) is 7.11 Å². The maximum absolute atomic E-state index is 11.8. The Bertz CT molecular complexity index is 580. The molecule has 0 spiro atoms. The van der Waals surface area contributed by atoms with E-state index in [2.05, 4.69) is 0 Å². The molecule has 0 saturated heterocycles. The van der Waals surface area contributed by atoms with Gasteiger partial charge in [-0.3, -0.25) is 4.79 Å². The Hall–Kier alpha value is -2.35. The van der Waals surface area contributed by atoms with Gasteiger partial charge in [0, 0.05) is 5.57 Å². The van der Waals surface area contributed by atoms with Gasteiger partial charge in [0.1, 0.15) is 5.75 Å². The number of rotatable bonds is 4. The molecule has 2 aromatic carbocycles. The first-order valence-corrected chi connectivity index (χ1v) is 6.13. The first-order valence-electron chi connectivity index (χ1n) is 6.13. The number of hydrogen-bond acceptors (Lipinski definition) is 2. The van der Waals surface area contributed by atoms with E-state index in [9.17, 15) is 4.79 Å². The summed E-state index contributed by atoms with van der Waals surface area (Å²) >= 11 is 0. The Morgan fingerprint density at radius 1 is 1.00 bits per heavy atom. The van der Waals surface area contributed by atoms with Crippen LogP contribution in [0.25, 0.3) is 11.6 Å². The molecule has 0 aromatic heterocycles. The van der Waals surface area contributed by atoms with Crippen LogP contribution in [0.3, 0.4) is 0 Å². The standard InChI is InChI=1S/C17H16O2/c1-13(18)17(15-6-4-3-5-7-15)12-14-8-10-16(19-2)11-9-14/h3-12H,1-2H3/b17-12-. The molecular formula is C17H16O2. The highest BCUT2D eigenvalue weighted by Gasteiger charge is 2.06. The molecule has 0 radical (unpaired) electrons. The monoisotopic (exact) mass is 252 g/mol. The van der Waals surface area contributed by atoms with E-state index >= 15 is 0 Å². The lowest BCUT2D eigenvalue weighted by atomic mass is 10.00. The molecule has 0 amide bonds. The summed E-state index contributed by atoms with van der Waals surface area (Å²) < 4.78 is 5.12. The summed E-state index contributed by atoms with van der Waals surface area (Å²) in [6, 6.07) is 17.3. The SMILES string of the molecule is COc1ccc(/C=C(/C(C)=O)c2ccccc2)cc1. The van der Waals surface area contributed by atoms with Gasteiger partial charge < -0.3 is 4.74 Å². The number of carbonyl (C=O) groups excluding carboxylic acids is 1. The zero-order valence-corrected chi connectivity index (χ0v) is 11.1. The van der Waals surface area contributed by atoms with E-state index < -0.39 is 0 Å². The third-order valence-corrected chi connectivity index (χ3v) is 2.89. The number of carbonyl (C=O) groups is 1. The predicted molar refractivity (Wildman–Crippen MR) is 78.0 cm³/mol. The van der Waals surface area contributed by atoms with E-state index in [1.54, 1.807) is 14.0 Å². The van der Waals surface area contributed by atoms with Gasteiger partial charge in [-0.25, -0.2) is 0 Å². The summed E-state index contributed by atoms with van der Waals surface area (Å²) in [7, 11) is 1.63. The van der Waals surface area contributed by atoms with Crippen LogP contribution < -0.4 is 4.74 Å². The zero-order valence-electron chi connectivity index (χ0n) is 11.1. The largest absolute Gasteiger partial charge is 0.497 e. The van der Waals surface area contributed by atoms with Crippen LogP contribution in [0.5, 0.6) is 5.75 Å². The fourth-order valence-electron chi connectivity index (χ4n) is 1.87. The van der Waals surface area contributed by atoms with Crippen LogP contribution >= 0.6 is 0 Å². The van der Waals surface area contributed by atoms with Crippen LogP contribution in [0, 0.1) is 0 Å². The lowest BCUT2D eigenvalue weighted by Crippen LogP contribution is -1.95. The van der Waals surface area contributed by atoms with E-state index in [-0.39, 0.29) is 5.78 Å². The zero-order chi connectivity index (χ0) is 13.7. The molecule has 0 aliphatic heterocycles. The van der Waals surface area contributed by atoms with Gasteiger partial charge in [-0.1, -0.05) is 42.5 Å². The molecule has 0 N–H and O–H groups in total. The van der Waals surface area contributed by atoms with Crippen molar-refractivity contribution in [3.63, 3.8) is 0 Å². The van der Waals surface area contributed by atoms with Crippen LogP contribution in [-0.4, -0.2) is 12.9 Å². The summed E-state index contributed by atoms with van der Waals surface area (Å²) in [4.78, 5) is 11.8. The van der Waals surface area contributed by atoms with Crippen molar-refractivity contribution >= 4 is 17.4 Å². The second kappa shape index (κ2) is 6.01. The molecule has 19 heavy (non-hydrogen) atoms. The summed E-state index contributed by atoms with van der Waals surface area (Å²) in [5.74, 6) is 0.864. The summed E-state index contributed by atoms with van der Waals surface area (Å²) in [6.07, 6.45) is 1.90. The lowest BCUT2D eigenvalue weighted by molar-refractivity contribution is -0.111. The summed E-state index contributed by atoms with van der Waals surface area (Å²) in [5.41, 5.74) is 2.63. The topological polar surface area (TPSA) is 26.3 Å². The summed E-state index contributed by atoms with van der Waals surface area (Å²) in [5, 5.41) is 0. The van der Waals surface area contributed by atoms with E-state index in [4.69, 9.17) is 4.74 Å². The van der Waals surface area contributed by atoms with Crippen molar-refractivity contribution < 1.29 is 9.53 Å². The van der Waals surface area contributed by atoms with Crippen molar-refractivity contribution in [1.82, 2.24) is 0 Å². The molecule has 0 aliphatic carbocycles. The van der Waals surface area contributed by atoms with Crippen LogP contribution in [-0.2, 0) is 4.79 Å². The van der Waals surface area contributed by atoms with Crippen molar-refractivity contribution in [2.24, 2.45) is 0 Å². The third kappa shape index (κ3) is 3.32. The van der Waals surface area contributed by atoms with E-state index in [1.165, 1.54) is 0 Å². The van der Waals surface area contributed by atoms with Crippen LogP contribution in [0.2, 0.25) is 0 Å². The number of methoxy groups -OCH3 is 1. The highest BCUT2D eigenvalue weighted by atomic mass is 16.5. The molecule has 0 unspecified atom stereocenters. The van der Waals surface area contributed by atoms with Gasteiger partial charge in [0.2, 0.25) is 0 Å². The quantitative estimate of drug-likeness (QED) is 0.610. The Morgan fingerprint density at radius 2 is 1.63 bits per heavy atom. The number of allylic oxidation sites excluding steroid dienone is 1. The van der Waals surface area contributed by atoms with Crippen molar-refractivity contribution in [2.75, 3.05) is 7.11 Å². The normalized spacial score (nSPS) is 11.2. The third-order valence-electron chi connectivity index (χ3n) is 2.89. The maximum Gasteiger partial charge on any atom is 0.160 e. The van der Waals surface area contributed by atoms with Gasteiger partial charge >= 0.3 is 0 Å². The molecule has 0 fully saturated rings. The summed E-state index contributed by atoms with van der Waals surface area (Å²) in [6.45, 7) is 1.59. The first kappa shape index (κ1) is 13.1. The highest BCUT2D eigenvalue weighted by Crippen LogP contribution is 2.20. The number of Topliss-reactive ketones (excluding diaryl/α,β-unsaturated/α-hetero) is 1. The Morgan fingerprint density at radius 3 is 2.16 bits per heavy atom. The highest BCUT2D eigenvalue weighted by molar-refractivity contribution is 6.24. The second-order valence-electron chi connectivity index (χ2n) is 4.25. The van der Waals surface area contributed by atoms with Gasteiger partial charge in [-0.2, -0.15) is 0 Å². The molecule has 0 bridgehead atoms. The maximum atomic E-state index is 11.8. The van der Waals surface area contributed by atoms with Crippen LogP contribution in [0.1, 0.15) is 18.1 Å². The van der Waals surface area contributed by atoms with Gasteiger partial charge in [0.25, 0.3) is 0 Å². The molecule has 0 atom stereocenters. The Labute approximate surface area is 113 Å². The first-order chi connectivity index (χ1) is 9.20. The average molecular weight is 252 g/mol. The van der Waals surface area contributed by atoms with Crippen molar-refractivity contribution in [1.29, 1.82) is 0 Å². The predicted octanol–water partition coefficient (Wildman–Crippen LogP) is 3.82. The van der Waals surface area contributed by atoms with E-state index in [0.717, 1.165) is 16.9 Å². The number of benzene rings is 2. The Kier molecular flexibility index (Phi) is 4.14. The number of hydrogen-bond donors (Lipinski definition) is 0. The van der Waals surface area contributed by atoms with Crippen LogP contribution in [0.4, 0.5) is 0 Å². The number of ether oxygens (including phenoxy) is 1. The molecule has 2 nitrogen and oxygen atoms in total. The van der Waals surface area contributed by atoms with Gasteiger partial charge in [-0.15, -0.1) is 0 Å². The van der Waals surface area contributed by atoms with Crippen LogP contribution in [0.15, 0.2) is 54.6 Å². The average Bonchev–Trinajstić information content (AvgIpc) is 2.46. The molecule has 0 heterocycles. The number of ketones is 1. The molecule has 0 saturated carbocycles. The minimum atomic E-state index is 0.0574. The molecule has 2 heteroatoms. The van der Waals surface area contributed by atoms with E-state index in [1.807, 2.05) is 60.7 Å². The second-order valence-corrected chi connectivity index (χ2v) is 4.25. The fraction of sp³-hybridized carbons (Fsp3) is 0.118. The van der Waals surface area contributed by atoms with E-state index in [0.29, 0.717) is 5.57 Å². The van der Waals surface area contributed by atoms with Crippen molar-refractivity contribution in [3.05, 3.63) is 65.7 Å². The fourth-order valence-corrected chi connectivity index (χ4v) is 1.87. The van der Waals surface area contributed by atoms with Gasteiger partial charge in [0.15, 0.2) is 5.78 Å². The molecule has 96 valence electrons. The molecule has 2 rings (SSSR count). The lowest BCUT2D eigenvalue weighted by Gasteiger charge is -2.05. The smallest absolute Gasteiger partial charge is 0.160 e. The molecule has 2 aromatic rings. The Balaban J connectivity index is 2.38. The van der Waals surface area contributed by atoms with Crippen molar-refractivity contribution in [3.8, 4) is 5.75 Å². The minimum absolute atomic E-state index is 0.0574.